The molecule has 0 aliphatic heterocycles. The number of aromatic nitrogens is 2. The summed E-state index contributed by atoms with van der Waals surface area (Å²) in [7, 11) is 0. The van der Waals surface area contributed by atoms with Crippen molar-refractivity contribution >= 4 is 29.0 Å². The minimum Gasteiger partial charge on any atom is -0.356 e. The lowest BCUT2D eigenvalue weighted by atomic mass is 10.3. The number of hydrogen-bond acceptors (Lipinski definition) is 6. The van der Waals surface area contributed by atoms with Crippen LogP contribution >= 0.6 is 23.1 Å². The minimum atomic E-state index is -0.0465. The van der Waals surface area contributed by atoms with E-state index in [0.29, 0.717) is 6.54 Å². The van der Waals surface area contributed by atoms with E-state index in [9.17, 15) is 4.79 Å². The largest absolute Gasteiger partial charge is 0.356 e. The van der Waals surface area contributed by atoms with E-state index in [1.54, 1.807) is 6.20 Å². The third-order valence-corrected chi connectivity index (χ3v) is 4.12. The standard InChI is InChI=1S/C14H14N4OS2/c15-10-20-7-3-6-17-13(19)8-11-9-21-14(18-11)12-4-1-2-5-16-12/h1-2,4-5,9H,3,6-8H2,(H,17,19). The Balaban J connectivity index is 1.80. The number of nitriles is 1. The Kier molecular flexibility index (Phi) is 6.19. The third-order valence-electron chi connectivity index (χ3n) is 2.59. The fourth-order valence-corrected chi connectivity index (χ4v) is 2.81. The molecular formula is C14H14N4OS2. The van der Waals surface area contributed by atoms with Crippen LogP contribution in [-0.4, -0.2) is 28.2 Å². The smallest absolute Gasteiger partial charge is 0.226 e. The van der Waals surface area contributed by atoms with Crippen LogP contribution in [0.3, 0.4) is 0 Å². The zero-order chi connectivity index (χ0) is 14.9. The summed E-state index contributed by atoms with van der Waals surface area (Å²) in [6.45, 7) is 0.588. The van der Waals surface area contributed by atoms with Gasteiger partial charge in [0.15, 0.2) is 0 Å². The van der Waals surface area contributed by atoms with Crippen molar-refractivity contribution in [2.45, 2.75) is 12.8 Å². The van der Waals surface area contributed by atoms with Crippen LogP contribution in [-0.2, 0) is 11.2 Å². The van der Waals surface area contributed by atoms with E-state index in [1.807, 2.05) is 29.0 Å². The Hall–Kier alpha value is -1.91. The number of carbonyl (C=O) groups excluding carboxylic acids is 1. The second-order valence-electron chi connectivity index (χ2n) is 4.18. The van der Waals surface area contributed by atoms with Crippen molar-refractivity contribution in [1.29, 1.82) is 5.26 Å². The fraction of sp³-hybridized carbons (Fsp3) is 0.286. The zero-order valence-electron chi connectivity index (χ0n) is 11.3. The highest BCUT2D eigenvalue weighted by molar-refractivity contribution is 8.03. The van der Waals surface area contributed by atoms with E-state index >= 15 is 0 Å². The van der Waals surface area contributed by atoms with Crippen molar-refractivity contribution in [3.8, 4) is 16.1 Å². The topological polar surface area (TPSA) is 78.7 Å². The molecule has 1 amide bonds. The number of pyridine rings is 1. The molecule has 108 valence electrons. The number of nitrogens with one attached hydrogen (secondary N) is 1. The maximum Gasteiger partial charge on any atom is 0.226 e. The first kappa shape index (κ1) is 15.5. The molecule has 0 unspecified atom stereocenters. The summed E-state index contributed by atoms with van der Waals surface area (Å²) in [6, 6.07) is 5.67. The van der Waals surface area contributed by atoms with Crippen molar-refractivity contribution in [2.24, 2.45) is 0 Å². The first-order chi connectivity index (χ1) is 10.3. The summed E-state index contributed by atoms with van der Waals surface area (Å²) in [4.78, 5) is 20.4. The first-order valence-corrected chi connectivity index (χ1v) is 8.29. The van der Waals surface area contributed by atoms with Gasteiger partial charge >= 0.3 is 0 Å². The summed E-state index contributed by atoms with van der Waals surface area (Å²) in [5.74, 6) is 0.687. The zero-order valence-corrected chi connectivity index (χ0v) is 12.9. The maximum absolute atomic E-state index is 11.8. The Bertz CT molecular complexity index is 621. The molecule has 0 atom stereocenters. The number of thioether (sulfide) groups is 1. The molecule has 1 N–H and O–H groups in total. The van der Waals surface area contributed by atoms with Gasteiger partial charge in [0.2, 0.25) is 5.91 Å². The second-order valence-corrected chi connectivity index (χ2v) is 5.92. The number of hydrogen-bond donors (Lipinski definition) is 1. The fourth-order valence-electron chi connectivity index (χ4n) is 1.64. The van der Waals surface area contributed by atoms with Gasteiger partial charge in [0.1, 0.15) is 10.4 Å². The minimum absolute atomic E-state index is 0.0465. The second kappa shape index (κ2) is 8.39. The van der Waals surface area contributed by atoms with Crippen LogP contribution < -0.4 is 5.32 Å². The predicted molar refractivity (Wildman–Crippen MR) is 84.7 cm³/mol. The normalized spacial score (nSPS) is 10.0. The Morgan fingerprint density at radius 2 is 2.38 bits per heavy atom. The highest BCUT2D eigenvalue weighted by Crippen LogP contribution is 2.21. The lowest BCUT2D eigenvalue weighted by Gasteiger charge is -2.02. The van der Waals surface area contributed by atoms with Crippen LogP contribution in [0.5, 0.6) is 0 Å². The van der Waals surface area contributed by atoms with Gasteiger partial charge in [-0.25, -0.2) is 4.98 Å². The van der Waals surface area contributed by atoms with E-state index in [2.05, 4.69) is 15.3 Å². The van der Waals surface area contributed by atoms with Gasteiger partial charge in [-0.1, -0.05) is 6.07 Å². The monoisotopic (exact) mass is 318 g/mol. The van der Waals surface area contributed by atoms with E-state index < -0.39 is 0 Å². The van der Waals surface area contributed by atoms with E-state index in [-0.39, 0.29) is 12.3 Å². The van der Waals surface area contributed by atoms with Crippen molar-refractivity contribution < 1.29 is 4.79 Å². The number of thiocyanates is 1. The molecule has 0 fully saturated rings. The molecule has 0 aromatic carbocycles. The van der Waals surface area contributed by atoms with Gasteiger partial charge in [-0.05, 0) is 30.3 Å². The van der Waals surface area contributed by atoms with E-state index in [0.717, 1.165) is 28.6 Å². The van der Waals surface area contributed by atoms with Crippen LogP contribution in [0.2, 0.25) is 0 Å². The summed E-state index contributed by atoms with van der Waals surface area (Å²) in [6.07, 6.45) is 2.79. The van der Waals surface area contributed by atoms with Gasteiger partial charge in [-0.15, -0.1) is 11.3 Å². The summed E-state index contributed by atoms with van der Waals surface area (Å²) < 4.78 is 0. The molecule has 0 aliphatic carbocycles. The molecule has 5 nitrogen and oxygen atoms in total. The highest BCUT2D eigenvalue weighted by Gasteiger charge is 2.09. The van der Waals surface area contributed by atoms with Crippen molar-refractivity contribution in [3.63, 3.8) is 0 Å². The third kappa shape index (κ3) is 5.17. The average molecular weight is 318 g/mol. The summed E-state index contributed by atoms with van der Waals surface area (Å²) in [5.41, 5.74) is 1.58. The lowest BCUT2D eigenvalue weighted by molar-refractivity contribution is -0.120. The van der Waals surface area contributed by atoms with Crippen LogP contribution in [0.4, 0.5) is 0 Å². The molecule has 2 rings (SSSR count). The maximum atomic E-state index is 11.8. The Morgan fingerprint density at radius 1 is 1.48 bits per heavy atom. The lowest BCUT2D eigenvalue weighted by Crippen LogP contribution is -2.26. The molecule has 7 heteroatoms. The molecule has 0 saturated heterocycles. The summed E-state index contributed by atoms with van der Waals surface area (Å²) in [5, 5.41) is 15.9. The van der Waals surface area contributed by atoms with Gasteiger partial charge in [0, 0.05) is 23.9 Å². The molecule has 0 bridgehead atoms. The molecule has 0 saturated carbocycles. The summed E-state index contributed by atoms with van der Waals surface area (Å²) >= 11 is 2.69. The van der Waals surface area contributed by atoms with Crippen LogP contribution in [0.1, 0.15) is 12.1 Å². The Labute approximate surface area is 131 Å². The molecule has 0 spiro atoms. The van der Waals surface area contributed by atoms with Gasteiger partial charge < -0.3 is 5.32 Å². The first-order valence-electron chi connectivity index (χ1n) is 6.43. The van der Waals surface area contributed by atoms with Crippen LogP contribution in [0, 0.1) is 10.7 Å². The quantitative estimate of drug-likeness (QED) is 0.627. The predicted octanol–water partition coefficient (Wildman–Crippen LogP) is 2.47. The van der Waals surface area contributed by atoms with Crippen molar-refractivity contribution in [1.82, 2.24) is 15.3 Å². The molecule has 0 aliphatic rings. The molecule has 0 radical (unpaired) electrons. The van der Waals surface area contributed by atoms with Crippen LogP contribution in [0.15, 0.2) is 29.8 Å². The number of amides is 1. The SMILES string of the molecule is N#CSCCCNC(=O)Cc1csc(-c2ccccn2)n1. The average Bonchev–Trinajstić information content (AvgIpc) is 2.96. The van der Waals surface area contributed by atoms with E-state index in [4.69, 9.17) is 5.26 Å². The van der Waals surface area contributed by atoms with Crippen LogP contribution in [0.25, 0.3) is 10.7 Å². The molecular weight excluding hydrogens is 304 g/mol. The van der Waals surface area contributed by atoms with E-state index in [1.165, 1.54) is 23.1 Å². The molecule has 2 aromatic heterocycles. The van der Waals surface area contributed by atoms with Gasteiger partial charge in [-0.3, -0.25) is 9.78 Å². The number of nitrogens with zero attached hydrogens (tertiary/aromatic N) is 3. The van der Waals surface area contributed by atoms with Crippen molar-refractivity contribution in [3.05, 3.63) is 35.5 Å². The van der Waals surface area contributed by atoms with Gasteiger partial charge in [-0.2, -0.15) is 5.26 Å². The number of carbonyl (C=O) groups is 1. The molecule has 2 aromatic rings. The highest BCUT2D eigenvalue weighted by atomic mass is 32.2. The number of rotatable bonds is 7. The van der Waals surface area contributed by atoms with Gasteiger partial charge in [0.05, 0.1) is 17.8 Å². The Morgan fingerprint density at radius 3 is 3.14 bits per heavy atom. The number of thiazole rings is 1. The van der Waals surface area contributed by atoms with Gasteiger partial charge in [0.25, 0.3) is 0 Å². The molecule has 21 heavy (non-hydrogen) atoms. The molecule has 2 heterocycles. The van der Waals surface area contributed by atoms with Crippen molar-refractivity contribution in [2.75, 3.05) is 12.3 Å².